The number of nitrogens with one attached hydrogen (secondary N) is 2. The molecule has 2 heterocycles. The number of anilines is 2. The number of carbonyl (C=O) groups is 3. The van der Waals surface area contributed by atoms with Crippen molar-refractivity contribution in [2.45, 2.75) is 15.5 Å². The highest BCUT2D eigenvalue weighted by molar-refractivity contribution is 7.98. The summed E-state index contributed by atoms with van der Waals surface area (Å²) in [5, 5.41) is 2.21. The van der Waals surface area contributed by atoms with Gasteiger partial charge in [0.2, 0.25) is 5.91 Å². The van der Waals surface area contributed by atoms with Crippen LogP contribution in [0.5, 0.6) is 0 Å². The second kappa shape index (κ2) is 9.37. The molecule has 13 heteroatoms. The summed E-state index contributed by atoms with van der Waals surface area (Å²) >= 11 is 7.92. The lowest BCUT2D eigenvalue weighted by Gasteiger charge is -2.27. The number of rotatable bonds is 5. The van der Waals surface area contributed by atoms with E-state index in [2.05, 4.69) is 5.32 Å². The maximum atomic E-state index is 14.9. The summed E-state index contributed by atoms with van der Waals surface area (Å²) in [6.45, 7) is 0. The summed E-state index contributed by atoms with van der Waals surface area (Å²) in [4.78, 5) is 39.3. The van der Waals surface area contributed by atoms with Gasteiger partial charge in [0.1, 0.15) is 10.0 Å². The molecule has 0 radical (unpaired) electrons. The van der Waals surface area contributed by atoms with Gasteiger partial charge in [-0.1, -0.05) is 17.7 Å². The lowest BCUT2D eigenvalue weighted by Crippen LogP contribution is -2.43. The van der Waals surface area contributed by atoms with Gasteiger partial charge in [-0.25, -0.2) is 27.2 Å². The molecule has 8 nitrogen and oxygen atoms in total. The number of fused-ring (bicyclic) bond motifs is 1. The zero-order valence-corrected chi connectivity index (χ0v) is 20.5. The normalized spacial score (nSPS) is 13.6. The van der Waals surface area contributed by atoms with Crippen molar-refractivity contribution in [3.8, 4) is 0 Å². The quantitative estimate of drug-likeness (QED) is 0.364. The van der Waals surface area contributed by atoms with Crippen molar-refractivity contribution in [3.63, 3.8) is 0 Å². The van der Waals surface area contributed by atoms with Crippen LogP contribution in [-0.4, -0.2) is 32.5 Å². The number of carbonyl (C=O) groups excluding carboxylic acids is 3. The first-order valence-corrected chi connectivity index (χ1v) is 13.4. The molecule has 176 valence electrons. The van der Waals surface area contributed by atoms with Gasteiger partial charge >= 0.3 is 6.03 Å². The minimum atomic E-state index is -4.16. The summed E-state index contributed by atoms with van der Waals surface area (Å²) in [7, 11) is -4.16. The first-order chi connectivity index (χ1) is 16.1. The third-order valence-corrected chi connectivity index (χ3v) is 8.61. The highest BCUT2D eigenvalue weighted by Crippen LogP contribution is 2.31. The molecule has 1 aromatic heterocycles. The Kier molecular flexibility index (Phi) is 6.67. The molecule has 0 bridgehead atoms. The first kappa shape index (κ1) is 24.2. The second-order valence-corrected chi connectivity index (χ2v) is 11.5. The van der Waals surface area contributed by atoms with Crippen LogP contribution in [0.4, 0.5) is 20.6 Å². The van der Waals surface area contributed by atoms with Crippen molar-refractivity contribution < 1.29 is 27.2 Å². The lowest BCUT2D eigenvalue weighted by atomic mass is 9.98. The van der Waals surface area contributed by atoms with E-state index in [9.17, 15) is 27.2 Å². The Bertz CT molecular complexity index is 1440. The van der Waals surface area contributed by atoms with Crippen molar-refractivity contribution in [1.82, 2.24) is 4.72 Å². The molecule has 3 aromatic rings. The Morgan fingerprint density at radius 1 is 1.15 bits per heavy atom. The number of sulfonamides is 1. The largest absolute Gasteiger partial charge is 0.333 e. The van der Waals surface area contributed by atoms with Crippen LogP contribution in [0.15, 0.2) is 57.6 Å². The monoisotopic (exact) mass is 539 g/mol. The number of nitrogens with zero attached hydrogens (tertiary/aromatic N) is 1. The van der Waals surface area contributed by atoms with E-state index in [0.717, 1.165) is 33.3 Å². The first-order valence-electron chi connectivity index (χ1n) is 9.52. The summed E-state index contributed by atoms with van der Waals surface area (Å²) in [6, 6.07) is 9.95. The number of imide groups is 1. The number of hydrogen-bond acceptors (Lipinski definition) is 7. The van der Waals surface area contributed by atoms with E-state index in [0.29, 0.717) is 11.1 Å². The number of hydrogen-bond donors (Lipinski definition) is 2. The molecular formula is C21H15ClFN3O5S3. The fourth-order valence-corrected chi connectivity index (χ4v) is 6.12. The van der Waals surface area contributed by atoms with Gasteiger partial charge in [-0.15, -0.1) is 23.1 Å². The molecule has 0 aliphatic carbocycles. The molecule has 1 aliphatic heterocycles. The summed E-state index contributed by atoms with van der Waals surface area (Å²) in [5.41, 5.74) is 0.515. The van der Waals surface area contributed by atoms with E-state index in [4.69, 9.17) is 11.6 Å². The van der Waals surface area contributed by atoms with E-state index in [-0.39, 0.29) is 26.3 Å². The molecule has 0 spiro atoms. The Labute approximate surface area is 207 Å². The minimum absolute atomic E-state index is 0.0673. The van der Waals surface area contributed by atoms with E-state index in [1.165, 1.54) is 30.0 Å². The lowest BCUT2D eigenvalue weighted by molar-refractivity contribution is -0.117. The fourth-order valence-electron chi connectivity index (χ4n) is 3.29. The Morgan fingerprint density at radius 3 is 2.56 bits per heavy atom. The number of urea groups is 1. The van der Waals surface area contributed by atoms with Crippen LogP contribution in [0.2, 0.25) is 4.34 Å². The maximum absolute atomic E-state index is 14.9. The average Bonchev–Trinajstić information content (AvgIpc) is 3.22. The zero-order valence-electron chi connectivity index (χ0n) is 17.3. The van der Waals surface area contributed by atoms with Gasteiger partial charge in [-0.05, 0) is 54.3 Å². The van der Waals surface area contributed by atoms with Gasteiger partial charge in [-0.2, -0.15) is 0 Å². The van der Waals surface area contributed by atoms with Crippen LogP contribution in [-0.2, 0) is 21.2 Å². The maximum Gasteiger partial charge on any atom is 0.333 e. The van der Waals surface area contributed by atoms with Crippen molar-refractivity contribution in [2.75, 3.05) is 16.5 Å². The molecular weight excluding hydrogens is 525 g/mol. The molecule has 1 aliphatic rings. The Hall–Kier alpha value is -2.93. The van der Waals surface area contributed by atoms with Crippen LogP contribution in [0.1, 0.15) is 15.9 Å². The smallest absolute Gasteiger partial charge is 0.307 e. The predicted molar refractivity (Wildman–Crippen MR) is 129 cm³/mol. The molecule has 34 heavy (non-hydrogen) atoms. The zero-order chi connectivity index (χ0) is 24.6. The van der Waals surface area contributed by atoms with E-state index in [1.54, 1.807) is 22.9 Å². The predicted octanol–water partition coefficient (Wildman–Crippen LogP) is 4.50. The van der Waals surface area contributed by atoms with Crippen LogP contribution in [0.3, 0.4) is 0 Å². The fraction of sp³-hybridized carbons (Fsp3) is 0.0952. The second-order valence-electron chi connectivity index (χ2n) is 7.02. The molecule has 4 rings (SSSR count). The molecule has 2 aromatic carbocycles. The summed E-state index contributed by atoms with van der Waals surface area (Å²) in [6.07, 6.45) is 1.78. The van der Waals surface area contributed by atoms with Crippen molar-refractivity contribution in [1.29, 1.82) is 0 Å². The standard InChI is InChI=1S/C21H15ClFN3O5S3/c1-32-13-4-2-11-8-18(27)26(20(28)14(11)10-13)16-5-3-12(9-15(16)23)24-21(29)25-34(30,31)19-7-6-17(22)33-19/h2-7,9-10H,8H2,1H3,(H2,24,25,29). The number of thiophene rings is 1. The van der Waals surface area contributed by atoms with Crippen molar-refractivity contribution in [3.05, 3.63) is 69.8 Å². The van der Waals surface area contributed by atoms with Crippen molar-refractivity contribution in [2.24, 2.45) is 0 Å². The Balaban J connectivity index is 1.53. The van der Waals surface area contributed by atoms with Crippen molar-refractivity contribution >= 4 is 73.9 Å². The molecule has 0 atom stereocenters. The number of halogens is 2. The van der Waals surface area contributed by atoms with Crippen LogP contribution in [0, 0.1) is 5.82 Å². The van der Waals surface area contributed by atoms with Crippen LogP contribution < -0.4 is 14.9 Å². The molecule has 0 saturated carbocycles. The number of benzene rings is 2. The van der Waals surface area contributed by atoms with Gasteiger partial charge in [0, 0.05) is 16.1 Å². The highest BCUT2D eigenvalue weighted by atomic mass is 35.5. The number of amides is 4. The SMILES string of the molecule is CSc1ccc2c(c1)C(=O)N(c1ccc(NC(=O)NS(=O)(=O)c3ccc(Cl)s3)cc1F)C(=O)C2. The minimum Gasteiger partial charge on any atom is -0.307 e. The summed E-state index contributed by atoms with van der Waals surface area (Å²) in [5.74, 6) is -2.19. The summed E-state index contributed by atoms with van der Waals surface area (Å²) < 4.78 is 41.2. The van der Waals surface area contributed by atoms with Gasteiger partial charge in [0.05, 0.1) is 16.4 Å². The van der Waals surface area contributed by atoms with E-state index in [1.807, 2.05) is 6.26 Å². The van der Waals surface area contributed by atoms with Gasteiger partial charge in [-0.3, -0.25) is 9.59 Å². The van der Waals surface area contributed by atoms with Gasteiger partial charge in [0.15, 0.2) is 0 Å². The number of thioether (sulfide) groups is 1. The van der Waals surface area contributed by atoms with E-state index >= 15 is 0 Å². The van der Waals surface area contributed by atoms with Gasteiger partial charge in [0.25, 0.3) is 15.9 Å². The van der Waals surface area contributed by atoms with Gasteiger partial charge < -0.3 is 5.32 Å². The molecule has 0 fully saturated rings. The van der Waals surface area contributed by atoms with E-state index < -0.39 is 33.7 Å². The van der Waals surface area contributed by atoms with Crippen LogP contribution >= 0.6 is 34.7 Å². The molecule has 4 amide bonds. The van der Waals surface area contributed by atoms with Crippen LogP contribution in [0.25, 0.3) is 0 Å². The third kappa shape index (κ3) is 4.80. The molecule has 0 unspecified atom stereocenters. The average molecular weight is 540 g/mol. The molecule has 2 N–H and O–H groups in total. The highest BCUT2D eigenvalue weighted by Gasteiger charge is 2.34. The topological polar surface area (TPSA) is 113 Å². The Morgan fingerprint density at radius 2 is 1.91 bits per heavy atom. The third-order valence-electron chi connectivity index (χ3n) is 4.83. The molecule has 0 saturated heterocycles.